The molecule has 9 nitrogen and oxygen atoms in total. The van der Waals surface area contributed by atoms with Crippen molar-refractivity contribution in [3.8, 4) is 11.5 Å². The molecule has 0 N–H and O–H groups in total. The summed E-state index contributed by atoms with van der Waals surface area (Å²) in [5.74, 6) is -4.59. The van der Waals surface area contributed by atoms with E-state index in [1.165, 1.54) is 0 Å². The molecule has 2 saturated heterocycles. The summed E-state index contributed by atoms with van der Waals surface area (Å²) in [6.45, 7) is -0.387. The highest BCUT2D eigenvalue weighted by Gasteiger charge is 2.90. The third kappa shape index (κ3) is 9.03. The zero-order valence-corrected chi connectivity index (χ0v) is 40.8. The Morgan fingerprint density at radius 1 is 0.487 bits per heavy atom. The summed E-state index contributed by atoms with van der Waals surface area (Å²) in [4.78, 5) is 1.99. The fraction of sp³-hybridized carbons (Fsp3) is 0.591. The van der Waals surface area contributed by atoms with Crippen LogP contribution in [-0.2, 0) is 40.4 Å². The quantitative estimate of drug-likeness (QED) is 0.123. The van der Waals surface area contributed by atoms with Gasteiger partial charge in [-0.2, -0.15) is 96.6 Å². The molecule has 0 amide bonds. The Morgan fingerprint density at radius 2 is 0.808 bits per heavy atom. The van der Waals surface area contributed by atoms with E-state index in [-0.39, 0.29) is 38.9 Å². The van der Waals surface area contributed by atoms with Gasteiger partial charge in [-0.3, -0.25) is 0 Å². The molecule has 9 rings (SSSR count). The normalized spacial score (nSPS) is 29.1. The molecule has 6 aliphatic rings. The predicted octanol–water partition coefficient (Wildman–Crippen LogP) is 13.2. The van der Waals surface area contributed by atoms with Gasteiger partial charge in [-0.15, -0.1) is 0 Å². The van der Waals surface area contributed by atoms with Gasteiger partial charge >= 0.3 is 47.6 Å². The number of halogens is 22. The molecule has 4 bridgehead atoms. The number of ether oxygens (including phenoxy) is 4. The Labute approximate surface area is 428 Å². The summed E-state index contributed by atoms with van der Waals surface area (Å²) in [6.07, 6.45) is -38.0. The first-order valence-electron chi connectivity index (χ1n) is 22.4. The zero-order valence-electron chi connectivity index (χ0n) is 38.4. The molecule has 8 atom stereocenters. The smallest absolute Gasteiger partial charge is 0.467 e. The van der Waals surface area contributed by atoms with Crippen molar-refractivity contribution in [3.05, 3.63) is 83.0 Å². The first-order chi connectivity index (χ1) is 35.4. The molecule has 4 aliphatic carbocycles. The number of rotatable bonds is 13. The molecule has 4 saturated carbocycles. The van der Waals surface area contributed by atoms with Crippen LogP contribution < -0.4 is 9.47 Å². The van der Waals surface area contributed by atoms with E-state index in [2.05, 4.69) is 0 Å². The van der Waals surface area contributed by atoms with Crippen LogP contribution in [0.4, 0.5) is 96.6 Å². The topological polar surface area (TPSA) is 119 Å². The second-order valence-electron chi connectivity index (χ2n) is 19.5. The lowest BCUT2D eigenvalue weighted by molar-refractivity contribution is -0.476. The lowest BCUT2D eigenvalue weighted by Gasteiger charge is -2.59. The summed E-state index contributed by atoms with van der Waals surface area (Å²) >= 11 is 0. The number of hydrogen-bond acceptors (Lipinski definition) is 8. The van der Waals surface area contributed by atoms with Crippen molar-refractivity contribution in [1.29, 1.82) is 0 Å². The third-order valence-electron chi connectivity index (χ3n) is 15.1. The Morgan fingerprint density at radius 3 is 1.13 bits per heavy atom. The number of sulfonamides is 2. The maximum atomic E-state index is 14.1. The van der Waals surface area contributed by atoms with Gasteiger partial charge < -0.3 is 23.1 Å². The molecule has 6 fully saturated rings. The van der Waals surface area contributed by atoms with Crippen molar-refractivity contribution >= 4 is 30.9 Å². The van der Waals surface area contributed by atoms with Crippen molar-refractivity contribution in [1.82, 2.24) is 0 Å². The van der Waals surface area contributed by atoms with E-state index in [9.17, 15) is 113 Å². The second kappa shape index (κ2) is 18.7. The molecule has 78 heavy (non-hydrogen) atoms. The highest BCUT2D eigenvalue weighted by Crippen LogP contribution is 2.75. The zero-order chi connectivity index (χ0) is 58.3. The van der Waals surface area contributed by atoms with Crippen LogP contribution in [0.2, 0.25) is 0 Å². The van der Waals surface area contributed by atoms with Gasteiger partial charge in [-0.25, -0.2) is 16.8 Å². The van der Waals surface area contributed by atoms with Gasteiger partial charge in [0, 0.05) is 22.7 Å². The van der Waals surface area contributed by atoms with Crippen molar-refractivity contribution in [3.63, 3.8) is 0 Å². The monoisotopic (exact) mass is 1220 g/mol. The summed E-state index contributed by atoms with van der Waals surface area (Å²) in [7, 11) is -16.3. The maximum Gasteiger partial charge on any atom is 0.467 e. The summed E-state index contributed by atoms with van der Waals surface area (Å²) in [5, 5.41) is -14.0. The fourth-order valence-corrected chi connectivity index (χ4v) is 16.4. The number of nitrogens with zero attached hydrogens (tertiary/aromatic N) is 1. The number of para-hydroxylation sites is 2. The number of hydrogen-bond donors (Lipinski definition) is 0. The van der Waals surface area contributed by atoms with Crippen LogP contribution in [0.15, 0.2) is 93.5 Å². The average molecular weight is 1220 g/mol. The molecule has 436 valence electrons. The Kier molecular flexibility index (Phi) is 14.4. The number of alkyl halides is 22. The van der Waals surface area contributed by atoms with E-state index in [1.807, 2.05) is 12.1 Å². The van der Waals surface area contributed by atoms with E-state index in [0.29, 0.717) is 38.3 Å². The van der Waals surface area contributed by atoms with E-state index in [0.717, 1.165) is 4.90 Å². The van der Waals surface area contributed by atoms with Crippen LogP contribution in [0.1, 0.15) is 38.5 Å². The molecule has 3 aromatic rings. The highest BCUT2D eigenvalue weighted by atomic mass is 32.3. The van der Waals surface area contributed by atoms with E-state index in [4.69, 9.17) is 18.9 Å². The first kappa shape index (κ1) is 60.0. The van der Waals surface area contributed by atoms with Crippen molar-refractivity contribution in [2.75, 3.05) is 13.2 Å². The van der Waals surface area contributed by atoms with Gasteiger partial charge in [0.1, 0.15) is 10.9 Å². The van der Waals surface area contributed by atoms with E-state index < -0.39 is 136 Å². The second-order valence-corrected chi connectivity index (χ2v) is 25.0. The molecular weight excluding hydrogens is 1180 g/mol. The van der Waals surface area contributed by atoms with Gasteiger partial charge in [0.2, 0.25) is 9.79 Å². The molecule has 2 heterocycles. The van der Waals surface area contributed by atoms with Crippen molar-refractivity contribution in [2.45, 2.75) is 124 Å². The van der Waals surface area contributed by atoms with Gasteiger partial charge in [0.05, 0.1) is 25.4 Å². The first-order valence-corrected chi connectivity index (χ1v) is 26.5. The summed E-state index contributed by atoms with van der Waals surface area (Å²) < 4.78 is 352. The van der Waals surface area contributed by atoms with Crippen LogP contribution in [0, 0.1) is 34.5 Å². The van der Waals surface area contributed by atoms with Crippen molar-refractivity contribution < 1.29 is 132 Å². The maximum absolute atomic E-state index is 14.1. The van der Waals surface area contributed by atoms with Gasteiger partial charge in [-0.05, 0) is 86.8 Å². The largest absolute Gasteiger partial charge is 0.488 e. The van der Waals surface area contributed by atoms with Crippen LogP contribution in [0.25, 0.3) is 4.13 Å². The van der Waals surface area contributed by atoms with Crippen molar-refractivity contribution in [2.24, 2.45) is 34.5 Å². The van der Waals surface area contributed by atoms with Gasteiger partial charge in [0.25, 0.3) is 11.2 Å². The van der Waals surface area contributed by atoms with E-state index in [1.54, 1.807) is 66.7 Å². The average Bonchev–Trinajstić information content (AvgIpc) is 4.15. The summed E-state index contributed by atoms with van der Waals surface area (Å²) in [5.41, 5.74) is -10.6. The van der Waals surface area contributed by atoms with Crippen LogP contribution in [-0.4, -0.2) is 101 Å². The molecule has 0 spiro atoms. The Bertz CT molecular complexity index is 2760. The fourth-order valence-electron chi connectivity index (χ4n) is 11.8. The number of fused-ring (bicyclic) bond motifs is 10. The standard InChI is InChI=1S/C40H35F12O4S.C4F10NO4S2/c41-37(42,43)35(38(44,45)46)29-22-14-16-33(18-22,31(29)55-35)20-53-25-10-4-6-12-27(25)57(24-8-2-1-3-9-24)28-13-7-5-11-26(28)54-21-34-17-15-23(19-34)30-32(34)56-36(30,39(47,48)49)40(50,51)52;5-1(6,7)3(11,12)20(16,17)15-21(18,19)4(13,14)2(8,9)10/h1-13,22-23,29-32H,14-21H2;/q+1;-1. The molecule has 8 unspecified atom stereocenters. The molecule has 0 aromatic heterocycles. The third-order valence-corrected chi connectivity index (χ3v) is 20.8. The molecule has 34 heteroatoms. The Balaban J connectivity index is 0.000000325. The van der Waals surface area contributed by atoms with Gasteiger partial charge in [0.15, 0.2) is 36.4 Å². The lowest BCUT2D eigenvalue weighted by Crippen LogP contribution is -2.77. The minimum Gasteiger partial charge on any atom is -0.488 e. The molecule has 3 aromatic carbocycles. The highest BCUT2D eigenvalue weighted by molar-refractivity contribution is 8.13. The van der Waals surface area contributed by atoms with Crippen LogP contribution in [0.3, 0.4) is 0 Å². The lowest BCUT2D eigenvalue weighted by atomic mass is 9.64. The Hall–Kier alpha value is -4.15. The predicted molar refractivity (Wildman–Crippen MR) is 222 cm³/mol. The minimum atomic E-state index is -7.62. The number of benzene rings is 3. The van der Waals surface area contributed by atoms with Crippen LogP contribution >= 0.6 is 0 Å². The molecular formula is C44H35F22NO8S3. The van der Waals surface area contributed by atoms with Gasteiger partial charge in [-0.1, -0.05) is 42.5 Å². The summed E-state index contributed by atoms with van der Waals surface area (Å²) in [6, 6.07) is 22.9. The van der Waals surface area contributed by atoms with Crippen LogP contribution in [0.5, 0.6) is 11.5 Å². The molecule has 0 radical (unpaired) electrons. The molecule has 2 aliphatic heterocycles. The van der Waals surface area contributed by atoms with E-state index >= 15 is 0 Å². The minimum absolute atomic E-state index is 0.0840. The SMILES string of the molecule is FC(F)(F)C1(C(F)(F)F)OC2C1C1CCC2(COc2ccccc2[S+](c2ccccc2)c2ccccc2OCC23CCC(C2)C2C3OC2(C(F)(F)F)C(F)(F)F)C1.O=S(=O)([N-]S(=O)(=O)C(F)(F)C(F)(F)F)C(F)(F)C(F)(F)F.